The molecule has 1 fully saturated rings. The van der Waals surface area contributed by atoms with Crippen LogP contribution in [-0.2, 0) is 0 Å². The fourth-order valence-corrected chi connectivity index (χ4v) is 1.93. The van der Waals surface area contributed by atoms with Crippen LogP contribution < -0.4 is 10.5 Å². The Bertz CT molecular complexity index is 511. The molecule has 0 bridgehead atoms. The van der Waals surface area contributed by atoms with E-state index in [2.05, 4.69) is 5.16 Å². The first-order valence-electron chi connectivity index (χ1n) is 5.89. The van der Waals surface area contributed by atoms with Crippen LogP contribution in [-0.4, -0.2) is 22.6 Å². The molecule has 1 aliphatic rings. The summed E-state index contributed by atoms with van der Waals surface area (Å²) in [5, 5.41) is 22.3. The monoisotopic (exact) mass is 265 g/mol. The standard InChI is InChI=1S/C12H15N3O4/c13-11(14-16)7-12(5-6-12)8-19-10-4-2-1-3-9(10)15(17)18/h1-4,16H,5-8H2,(H2,13,14). The van der Waals surface area contributed by atoms with Crippen molar-refractivity contribution >= 4 is 11.5 Å². The predicted octanol–water partition coefficient (Wildman–Crippen LogP) is 1.89. The normalized spacial score (nSPS) is 16.9. The van der Waals surface area contributed by atoms with E-state index in [1.807, 2.05) is 0 Å². The SMILES string of the molecule is NC(CC1(COc2ccccc2[N+](=O)[O-])CC1)=NO. The average molecular weight is 265 g/mol. The number of rotatable bonds is 6. The maximum atomic E-state index is 10.8. The summed E-state index contributed by atoms with van der Waals surface area (Å²) >= 11 is 0. The minimum atomic E-state index is -0.474. The van der Waals surface area contributed by atoms with Crippen molar-refractivity contribution in [2.45, 2.75) is 19.3 Å². The first-order valence-corrected chi connectivity index (χ1v) is 5.89. The quantitative estimate of drug-likeness (QED) is 0.268. The van der Waals surface area contributed by atoms with Gasteiger partial charge in [-0.2, -0.15) is 0 Å². The summed E-state index contributed by atoms with van der Waals surface area (Å²) in [6.07, 6.45) is 2.25. The van der Waals surface area contributed by atoms with E-state index in [4.69, 9.17) is 15.7 Å². The second-order valence-corrected chi connectivity index (χ2v) is 4.78. The second kappa shape index (κ2) is 5.13. The van der Waals surface area contributed by atoms with Crippen LogP contribution in [0.15, 0.2) is 29.4 Å². The number of nitro benzene ring substituents is 1. The van der Waals surface area contributed by atoms with Crippen LogP contribution in [0.3, 0.4) is 0 Å². The van der Waals surface area contributed by atoms with Gasteiger partial charge in [0.05, 0.1) is 11.5 Å². The Labute approximate surface area is 109 Å². The van der Waals surface area contributed by atoms with Crippen LogP contribution in [0.1, 0.15) is 19.3 Å². The summed E-state index contributed by atoms with van der Waals surface area (Å²) in [7, 11) is 0. The van der Waals surface area contributed by atoms with Gasteiger partial charge in [-0.1, -0.05) is 17.3 Å². The molecule has 7 heteroatoms. The van der Waals surface area contributed by atoms with Gasteiger partial charge in [0.1, 0.15) is 5.84 Å². The van der Waals surface area contributed by atoms with Gasteiger partial charge in [0.15, 0.2) is 5.75 Å². The number of ether oxygens (including phenoxy) is 1. The lowest BCUT2D eigenvalue weighted by Gasteiger charge is -2.15. The highest BCUT2D eigenvalue weighted by Gasteiger charge is 2.44. The van der Waals surface area contributed by atoms with Crippen LogP contribution in [0.4, 0.5) is 5.69 Å². The van der Waals surface area contributed by atoms with E-state index in [1.165, 1.54) is 6.07 Å². The second-order valence-electron chi connectivity index (χ2n) is 4.78. The minimum Gasteiger partial charge on any atom is -0.486 e. The number of oxime groups is 1. The third-order valence-corrected chi connectivity index (χ3v) is 3.24. The van der Waals surface area contributed by atoms with Gasteiger partial charge in [-0.3, -0.25) is 10.1 Å². The predicted molar refractivity (Wildman–Crippen MR) is 68.3 cm³/mol. The number of benzene rings is 1. The van der Waals surface area contributed by atoms with E-state index in [0.29, 0.717) is 13.0 Å². The molecule has 2 rings (SSSR count). The smallest absolute Gasteiger partial charge is 0.310 e. The summed E-state index contributed by atoms with van der Waals surface area (Å²) in [6, 6.07) is 6.25. The van der Waals surface area contributed by atoms with E-state index in [-0.39, 0.29) is 22.7 Å². The van der Waals surface area contributed by atoms with Crippen LogP contribution in [0, 0.1) is 15.5 Å². The summed E-state index contributed by atoms with van der Waals surface area (Å²) in [4.78, 5) is 10.4. The van der Waals surface area contributed by atoms with Gasteiger partial charge in [-0.15, -0.1) is 0 Å². The highest BCUT2D eigenvalue weighted by Crippen LogP contribution is 2.49. The lowest BCUT2D eigenvalue weighted by molar-refractivity contribution is -0.385. The molecule has 102 valence electrons. The largest absolute Gasteiger partial charge is 0.486 e. The van der Waals surface area contributed by atoms with Gasteiger partial charge in [-0.05, 0) is 18.9 Å². The molecule has 0 spiro atoms. The molecule has 0 radical (unpaired) electrons. The molecule has 0 unspecified atom stereocenters. The molecule has 1 aromatic rings. The fraction of sp³-hybridized carbons (Fsp3) is 0.417. The first-order chi connectivity index (χ1) is 9.06. The molecule has 1 saturated carbocycles. The van der Waals surface area contributed by atoms with Gasteiger partial charge in [0, 0.05) is 17.9 Å². The van der Waals surface area contributed by atoms with Crippen molar-refractivity contribution in [3.8, 4) is 5.75 Å². The van der Waals surface area contributed by atoms with Crippen molar-refractivity contribution in [2.24, 2.45) is 16.3 Å². The molecule has 7 nitrogen and oxygen atoms in total. The van der Waals surface area contributed by atoms with Crippen molar-refractivity contribution in [2.75, 3.05) is 6.61 Å². The van der Waals surface area contributed by atoms with E-state index in [1.54, 1.807) is 18.2 Å². The highest BCUT2D eigenvalue weighted by molar-refractivity contribution is 5.80. The zero-order valence-corrected chi connectivity index (χ0v) is 10.3. The van der Waals surface area contributed by atoms with E-state index in [0.717, 1.165) is 12.8 Å². The Morgan fingerprint density at radius 3 is 2.79 bits per heavy atom. The van der Waals surface area contributed by atoms with Crippen molar-refractivity contribution in [1.29, 1.82) is 0 Å². The number of para-hydroxylation sites is 2. The molecule has 0 aromatic heterocycles. The molecule has 19 heavy (non-hydrogen) atoms. The molecule has 0 aliphatic heterocycles. The van der Waals surface area contributed by atoms with Crippen molar-refractivity contribution in [3.63, 3.8) is 0 Å². The minimum absolute atomic E-state index is 0.0536. The van der Waals surface area contributed by atoms with E-state index >= 15 is 0 Å². The Hall–Kier alpha value is -2.31. The number of nitrogens with zero attached hydrogens (tertiary/aromatic N) is 2. The van der Waals surface area contributed by atoms with Crippen LogP contribution in [0.2, 0.25) is 0 Å². The number of nitro groups is 1. The van der Waals surface area contributed by atoms with Crippen molar-refractivity contribution < 1.29 is 14.9 Å². The molecule has 3 N–H and O–H groups in total. The van der Waals surface area contributed by atoms with Crippen LogP contribution in [0.25, 0.3) is 0 Å². The van der Waals surface area contributed by atoms with Gasteiger partial charge >= 0.3 is 5.69 Å². The van der Waals surface area contributed by atoms with Gasteiger partial charge in [0.2, 0.25) is 0 Å². The number of hydrogen-bond donors (Lipinski definition) is 2. The lowest BCUT2D eigenvalue weighted by atomic mass is 10.0. The van der Waals surface area contributed by atoms with Crippen molar-refractivity contribution in [3.05, 3.63) is 34.4 Å². The van der Waals surface area contributed by atoms with E-state index in [9.17, 15) is 10.1 Å². The molecule has 0 saturated heterocycles. The summed E-state index contributed by atoms with van der Waals surface area (Å²) in [5.41, 5.74) is 5.28. The topological polar surface area (TPSA) is 111 Å². The lowest BCUT2D eigenvalue weighted by Crippen LogP contribution is -2.22. The molecular formula is C12H15N3O4. The molecule has 0 amide bonds. The summed E-state index contributed by atoms with van der Waals surface area (Å²) < 4.78 is 5.54. The van der Waals surface area contributed by atoms with Gasteiger partial charge in [-0.25, -0.2) is 0 Å². The average Bonchev–Trinajstić information content (AvgIpc) is 3.16. The summed E-state index contributed by atoms with van der Waals surface area (Å²) in [5.74, 6) is 0.405. The summed E-state index contributed by atoms with van der Waals surface area (Å²) in [6.45, 7) is 0.327. The Balaban J connectivity index is 2.02. The molecule has 1 aliphatic carbocycles. The molecule has 1 aromatic carbocycles. The molecule has 0 atom stereocenters. The zero-order valence-electron chi connectivity index (χ0n) is 10.3. The maximum absolute atomic E-state index is 10.8. The highest BCUT2D eigenvalue weighted by atomic mass is 16.6. The first kappa shape index (κ1) is 13.1. The number of hydrogen-bond acceptors (Lipinski definition) is 5. The number of amidine groups is 1. The Morgan fingerprint density at radius 1 is 1.53 bits per heavy atom. The van der Waals surface area contributed by atoms with Crippen LogP contribution in [0.5, 0.6) is 5.75 Å². The maximum Gasteiger partial charge on any atom is 0.310 e. The third-order valence-electron chi connectivity index (χ3n) is 3.24. The van der Waals surface area contributed by atoms with Crippen molar-refractivity contribution in [1.82, 2.24) is 0 Å². The van der Waals surface area contributed by atoms with E-state index < -0.39 is 4.92 Å². The Kier molecular flexibility index (Phi) is 3.55. The van der Waals surface area contributed by atoms with Gasteiger partial charge in [0.25, 0.3) is 0 Å². The zero-order chi connectivity index (χ0) is 13.9. The molecule has 0 heterocycles. The number of nitrogens with two attached hydrogens (primary N) is 1. The fourth-order valence-electron chi connectivity index (χ4n) is 1.93. The molecular weight excluding hydrogens is 250 g/mol. The third kappa shape index (κ3) is 3.12. The van der Waals surface area contributed by atoms with Crippen LogP contribution >= 0.6 is 0 Å². The Morgan fingerprint density at radius 2 is 2.21 bits per heavy atom. The van der Waals surface area contributed by atoms with Gasteiger partial charge < -0.3 is 15.7 Å².